The molecule has 0 saturated heterocycles. The summed E-state index contributed by atoms with van der Waals surface area (Å²) < 4.78 is 1.98. The van der Waals surface area contributed by atoms with E-state index in [0.29, 0.717) is 30.5 Å². The van der Waals surface area contributed by atoms with E-state index in [1.54, 1.807) is 0 Å². The summed E-state index contributed by atoms with van der Waals surface area (Å²) in [4.78, 5) is 29.2. The molecule has 0 unspecified atom stereocenters. The van der Waals surface area contributed by atoms with Crippen LogP contribution in [0.2, 0.25) is 0 Å². The molecule has 176 valence electrons. The third-order valence-corrected chi connectivity index (χ3v) is 6.31. The number of hydrogen-bond acceptors (Lipinski definition) is 4. The minimum Gasteiger partial charge on any atom is -0.478 e. The van der Waals surface area contributed by atoms with Gasteiger partial charge in [-0.05, 0) is 48.2 Å². The van der Waals surface area contributed by atoms with Gasteiger partial charge >= 0.3 is 5.97 Å². The van der Waals surface area contributed by atoms with Gasteiger partial charge in [0.05, 0.1) is 28.0 Å². The Morgan fingerprint density at radius 2 is 1.86 bits per heavy atom. The van der Waals surface area contributed by atoms with E-state index in [2.05, 4.69) is 17.5 Å². The van der Waals surface area contributed by atoms with Crippen LogP contribution in [0.25, 0.3) is 27.8 Å². The lowest BCUT2D eigenvalue weighted by molar-refractivity contribution is -0.121. The Labute approximate surface area is 203 Å². The zero-order valence-electron chi connectivity index (χ0n) is 19.7. The molecule has 7 heteroatoms. The molecule has 0 aliphatic carbocycles. The number of amides is 1. The van der Waals surface area contributed by atoms with Crippen LogP contribution in [0.15, 0.2) is 65.8 Å². The number of imidazole rings is 1. The largest absolute Gasteiger partial charge is 0.478 e. The average molecular weight is 467 g/mol. The third kappa shape index (κ3) is 4.10. The van der Waals surface area contributed by atoms with Crippen LogP contribution in [0.5, 0.6) is 0 Å². The van der Waals surface area contributed by atoms with Crippen LogP contribution in [0.3, 0.4) is 0 Å². The summed E-state index contributed by atoms with van der Waals surface area (Å²) in [7, 11) is 0. The molecule has 35 heavy (non-hydrogen) atoms. The Morgan fingerprint density at radius 3 is 2.54 bits per heavy atom. The van der Waals surface area contributed by atoms with Crippen LogP contribution in [-0.4, -0.2) is 32.2 Å². The lowest BCUT2D eigenvalue weighted by Crippen LogP contribution is -2.25. The fourth-order valence-corrected chi connectivity index (χ4v) is 4.71. The number of hydrazone groups is 1. The van der Waals surface area contributed by atoms with Gasteiger partial charge in [0.15, 0.2) is 0 Å². The number of benzene rings is 3. The number of aromatic nitrogens is 2. The quantitative estimate of drug-likeness (QED) is 0.405. The van der Waals surface area contributed by atoms with E-state index in [0.717, 1.165) is 45.7 Å². The molecule has 0 saturated carbocycles. The maximum Gasteiger partial charge on any atom is 0.338 e. The summed E-state index contributed by atoms with van der Waals surface area (Å²) in [6, 6.07) is 19.2. The molecule has 7 nitrogen and oxygen atoms in total. The standard InChI is InChI=1S/C28H26N4O3/c1-3-8-24-29-27-17(2)15-19(21-13-14-25(33)31-30-21)16-23(27)32(24)22-12-7-11-20(26(22)28(34)35)18-9-5-4-6-10-18/h4-7,9-12,15-16H,3,8,13-14H2,1-2H3,(H,31,33)(H,34,35). The fourth-order valence-electron chi connectivity index (χ4n) is 4.71. The molecule has 1 aromatic heterocycles. The lowest BCUT2D eigenvalue weighted by atomic mass is 9.97. The Balaban J connectivity index is 1.80. The van der Waals surface area contributed by atoms with Crippen LogP contribution in [-0.2, 0) is 11.2 Å². The maximum atomic E-state index is 12.6. The van der Waals surface area contributed by atoms with Crippen molar-refractivity contribution in [1.82, 2.24) is 15.0 Å². The molecule has 4 aromatic rings. The van der Waals surface area contributed by atoms with Gasteiger partial charge in [0.2, 0.25) is 5.91 Å². The van der Waals surface area contributed by atoms with Crippen molar-refractivity contribution in [3.63, 3.8) is 0 Å². The van der Waals surface area contributed by atoms with Crippen LogP contribution < -0.4 is 5.43 Å². The Kier molecular flexibility index (Phi) is 5.91. The monoisotopic (exact) mass is 466 g/mol. The second kappa shape index (κ2) is 9.18. The number of aryl methyl sites for hydroxylation is 2. The number of nitrogens with zero attached hydrogens (tertiary/aromatic N) is 3. The molecule has 1 aliphatic heterocycles. The molecule has 0 radical (unpaired) electrons. The molecule has 3 aromatic carbocycles. The summed E-state index contributed by atoms with van der Waals surface area (Å²) in [5, 5.41) is 14.6. The lowest BCUT2D eigenvalue weighted by Gasteiger charge is -2.17. The first-order valence-corrected chi connectivity index (χ1v) is 11.8. The highest BCUT2D eigenvalue weighted by atomic mass is 16.4. The Morgan fingerprint density at radius 1 is 1.06 bits per heavy atom. The van der Waals surface area contributed by atoms with Crippen molar-refractivity contribution in [2.24, 2.45) is 5.10 Å². The number of rotatable bonds is 6. The molecule has 0 bridgehead atoms. The van der Waals surface area contributed by atoms with Crippen molar-refractivity contribution in [1.29, 1.82) is 0 Å². The minimum atomic E-state index is -0.990. The van der Waals surface area contributed by atoms with E-state index in [9.17, 15) is 14.7 Å². The highest BCUT2D eigenvalue weighted by Crippen LogP contribution is 2.33. The zero-order chi connectivity index (χ0) is 24.5. The maximum absolute atomic E-state index is 12.6. The average Bonchev–Trinajstić information content (AvgIpc) is 3.23. The molecule has 2 heterocycles. The number of nitrogens with one attached hydrogen (secondary N) is 1. The molecule has 5 rings (SSSR count). The van der Waals surface area contributed by atoms with Crippen LogP contribution in [0.1, 0.15) is 53.5 Å². The summed E-state index contributed by atoms with van der Waals surface area (Å²) in [6.07, 6.45) is 2.51. The summed E-state index contributed by atoms with van der Waals surface area (Å²) in [6.45, 7) is 4.08. The highest BCUT2D eigenvalue weighted by Gasteiger charge is 2.23. The molecular weight excluding hydrogens is 440 g/mol. The van der Waals surface area contributed by atoms with E-state index < -0.39 is 5.97 Å². The van der Waals surface area contributed by atoms with Crippen LogP contribution in [0.4, 0.5) is 0 Å². The van der Waals surface area contributed by atoms with Gasteiger partial charge in [0, 0.05) is 24.8 Å². The number of carboxylic acids is 1. The molecule has 0 spiro atoms. The molecule has 2 N–H and O–H groups in total. The van der Waals surface area contributed by atoms with E-state index in [1.807, 2.05) is 72.2 Å². The van der Waals surface area contributed by atoms with Gasteiger partial charge in [-0.2, -0.15) is 5.10 Å². The van der Waals surface area contributed by atoms with Crippen LogP contribution >= 0.6 is 0 Å². The first kappa shape index (κ1) is 22.5. The molecule has 0 fully saturated rings. The number of carbonyl (C=O) groups excluding carboxylic acids is 1. The molecule has 1 aliphatic rings. The Bertz CT molecular complexity index is 1490. The topological polar surface area (TPSA) is 96.6 Å². The number of aromatic carboxylic acids is 1. The van der Waals surface area contributed by atoms with E-state index in [-0.39, 0.29) is 11.5 Å². The van der Waals surface area contributed by atoms with Crippen molar-refractivity contribution in [2.75, 3.05) is 0 Å². The van der Waals surface area contributed by atoms with Gasteiger partial charge in [-0.25, -0.2) is 15.2 Å². The van der Waals surface area contributed by atoms with Crippen molar-refractivity contribution in [3.05, 3.63) is 83.2 Å². The van der Waals surface area contributed by atoms with Gasteiger partial charge in [0.25, 0.3) is 0 Å². The number of carboxylic acid groups (broad SMARTS) is 1. The summed E-state index contributed by atoms with van der Waals surface area (Å²) in [5.41, 5.74) is 9.23. The van der Waals surface area contributed by atoms with Crippen molar-refractivity contribution >= 4 is 28.6 Å². The number of hydrogen-bond donors (Lipinski definition) is 2. The molecule has 0 atom stereocenters. The summed E-state index contributed by atoms with van der Waals surface area (Å²) in [5.74, 6) is -0.268. The van der Waals surface area contributed by atoms with Gasteiger partial charge in [0.1, 0.15) is 5.82 Å². The number of carbonyl (C=O) groups is 2. The molecular formula is C28H26N4O3. The fraction of sp³-hybridized carbons (Fsp3) is 0.214. The van der Waals surface area contributed by atoms with Crippen molar-refractivity contribution in [3.8, 4) is 16.8 Å². The van der Waals surface area contributed by atoms with Crippen LogP contribution in [0, 0.1) is 6.92 Å². The van der Waals surface area contributed by atoms with E-state index in [4.69, 9.17) is 4.98 Å². The van der Waals surface area contributed by atoms with Gasteiger partial charge in [-0.15, -0.1) is 0 Å². The van der Waals surface area contributed by atoms with Gasteiger partial charge in [-0.3, -0.25) is 9.36 Å². The van der Waals surface area contributed by atoms with E-state index >= 15 is 0 Å². The second-order valence-corrected chi connectivity index (χ2v) is 8.74. The van der Waals surface area contributed by atoms with Gasteiger partial charge < -0.3 is 5.11 Å². The third-order valence-electron chi connectivity index (χ3n) is 6.31. The van der Waals surface area contributed by atoms with E-state index in [1.165, 1.54) is 0 Å². The Hall–Kier alpha value is -4.26. The predicted octanol–water partition coefficient (Wildman–Crippen LogP) is 5.27. The number of fused-ring (bicyclic) bond motifs is 1. The SMILES string of the molecule is CCCc1nc2c(C)cc(C3=NNC(=O)CC3)cc2n1-c1cccc(-c2ccccc2)c1C(=O)O. The van der Waals surface area contributed by atoms with Crippen molar-refractivity contribution in [2.45, 2.75) is 39.5 Å². The smallest absolute Gasteiger partial charge is 0.338 e. The molecule has 1 amide bonds. The normalized spacial score (nSPS) is 13.5. The predicted molar refractivity (Wildman–Crippen MR) is 136 cm³/mol. The first-order chi connectivity index (χ1) is 17.0. The summed E-state index contributed by atoms with van der Waals surface area (Å²) >= 11 is 0. The first-order valence-electron chi connectivity index (χ1n) is 11.8. The second-order valence-electron chi connectivity index (χ2n) is 8.74. The zero-order valence-corrected chi connectivity index (χ0v) is 19.7. The van der Waals surface area contributed by atoms with Gasteiger partial charge in [-0.1, -0.05) is 49.4 Å². The highest BCUT2D eigenvalue weighted by molar-refractivity contribution is 6.07. The van der Waals surface area contributed by atoms with Crippen molar-refractivity contribution < 1.29 is 14.7 Å². The minimum absolute atomic E-state index is 0.0920.